The maximum Gasteiger partial charge on any atom is 0.213 e. The molecule has 3 rings (SSSR count). The van der Waals surface area contributed by atoms with Gasteiger partial charge in [0.25, 0.3) is 0 Å². The van der Waals surface area contributed by atoms with Crippen molar-refractivity contribution in [3.63, 3.8) is 0 Å². The van der Waals surface area contributed by atoms with Crippen LogP contribution in [0.2, 0.25) is 0 Å². The molecule has 0 spiro atoms. The first-order chi connectivity index (χ1) is 10.2. The maximum absolute atomic E-state index is 10.8. The minimum atomic E-state index is -0.278. The first-order valence-electron chi connectivity index (χ1n) is 8.56. The molecule has 0 unspecified atom stereocenters. The summed E-state index contributed by atoms with van der Waals surface area (Å²) in [6.45, 7) is 7.01. The third-order valence-corrected chi connectivity index (χ3v) is 5.65. The Morgan fingerprint density at radius 3 is 1.90 bits per heavy atom. The van der Waals surface area contributed by atoms with E-state index in [9.17, 15) is 10.1 Å². The number of hydrogen-bond acceptors (Lipinski definition) is 5. The topological polar surface area (TPSA) is 61.7 Å². The minimum Gasteiger partial charge on any atom is -0.314 e. The predicted octanol–water partition coefficient (Wildman–Crippen LogP) is 0.944. The molecule has 21 heavy (non-hydrogen) atoms. The van der Waals surface area contributed by atoms with Crippen molar-refractivity contribution in [1.82, 2.24) is 15.1 Å². The quantitative estimate of drug-likeness (QED) is 0.620. The van der Waals surface area contributed by atoms with E-state index in [2.05, 4.69) is 15.1 Å². The number of rotatable bonds is 3. The van der Waals surface area contributed by atoms with Crippen LogP contribution >= 0.6 is 0 Å². The van der Waals surface area contributed by atoms with Crippen molar-refractivity contribution in [2.75, 3.05) is 39.3 Å². The minimum absolute atomic E-state index is 0.0765. The molecule has 2 aliphatic heterocycles. The average molecular weight is 296 g/mol. The molecule has 3 aliphatic rings. The fourth-order valence-electron chi connectivity index (χ4n) is 4.30. The normalized spacial score (nSPS) is 33.9. The van der Waals surface area contributed by atoms with Crippen LogP contribution in [0.5, 0.6) is 0 Å². The number of hydrogen-bond donors (Lipinski definition) is 1. The summed E-state index contributed by atoms with van der Waals surface area (Å²) < 4.78 is 0. The molecule has 0 aromatic heterocycles. The Hall–Kier alpha value is -0.720. The summed E-state index contributed by atoms with van der Waals surface area (Å²) >= 11 is 0. The second kappa shape index (κ2) is 7.03. The highest BCUT2D eigenvalue weighted by molar-refractivity contribution is 4.87. The lowest BCUT2D eigenvalue weighted by molar-refractivity contribution is -0.526. The van der Waals surface area contributed by atoms with Crippen molar-refractivity contribution in [3.05, 3.63) is 10.1 Å². The van der Waals surface area contributed by atoms with Gasteiger partial charge in [0.1, 0.15) is 0 Å². The highest BCUT2D eigenvalue weighted by Gasteiger charge is 2.34. The van der Waals surface area contributed by atoms with Gasteiger partial charge in [0.2, 0.25) is 6.04 Å². The summed E-state index contributed by atoms with van der Waals surface area (Å²) in [5, 5.41) is 14.3. The Morgan fingerprint density at radius 1 is 0.810 bits per heavy atom. The van der Waals surface area contributed by atoms with Crippen molar-refractivity contribution < 1.29 is 4.92 Å². The van der Waals surface area contributed by atoms with E-state index in [1.54, 1.807) is 0 Å². The molecule has 2 saturated heterocycles. The fourth-order valence-corrected chi connectivity index (χ4v) is 4.30. The van der Waals surface area contributed by atoms with E-state index in [0.29, 0.717) is 6.04 Å². The molecular formula is C15H28N4O2. The molecule has 0 aromatic carbocycles. The summed E-state index contributed by atoms with van der Waals surface area (Å²) in [6, 6.07) is 1.09. The Labute approximate surface area is 127 Å². The van der Waals surface area contributed by atoms with Gasteiger partial charge in [0, 0.05) is 56.0 Å². The number of nitro groups is 1. The van der Waals surface area contributed by atoms with Crippen LogP contribution in [-0.2, 0) is 0 Å². The molecule has 2 heterocycles. The second-order valence-corrected chi connectivity index (χ2v) is 6.80. The zero-order valence-corrected chi connectivity index (χ0v) is 12.9. The zero-order valence-electron chi connectivity index (χ0n) is 12.9. The van der Waals surface area contributed by atoms with Gasteiger partial charge in [-0.1, -0.05) is 0 Å². The van der Waals surface area contributed by atoms with Gasteiger partial charge in [-0.2, -0.15) is 0 Å². The van der Waals surface area contributed by atoms with Gasteiger partial charge < -0.3 is 10.2 Å². The number of nitrogens with zero attached hydrogens (tertiary/aromatic N) is 3. The molecule has 0 atom stereocenters. The average Bonchev–Trinajstić information content (AvgIpc) is 2.56. The lowest BCUT2D eigenvalue weighted by Crippen LogP contribution is -2.53. The SMILES string of the molecule is O=[N+]([O-])C1CCC(N2CCC(N3CCNCC3)CC2)CC1. The van der Waals surface area contributed by atoms with Crippen LogP contribution in [0.3, 0.4) is 0 Å². The van der Waals surface area contributed by atoms with Crippen LogP contribution in [0.1, 0.15) is 38.5 Å². The molecule has 0 bridgehead atoms. The van der Waals surface area contributed by atoms with Gasteiger partial charge >= 0.3 is 0 Å². The number of piperazine rings is 1. The number of nitrogens with one attached hydrogen (secondary N) is 1. The first kappa shape index (κ1) is 15.2. The summed E-state index contributed by atoms with van der Waals surface area (Å²) in [7, 11) is 0. The highest BCUT2D eigenvalue weighted by atomic mass is 16.6. The van der Waals surface area contributed by atoms with Crippen LogP contribution in [-0.4, -0.2) is 72.1 Å². The molecule has 1 saturated carbocycles. The van der Waals surface area contributed by atoms with E-state index in [1.807, 2.05) is 0 Å². The molecule has 3 fully saturated rings. The Balaban J connectivity index is 1.42. The summed E-state index contributed by atoms with van der Waals surface area (Å²) in [5.74, 6) is 0. The van der Waals surface area contributed by atoms with Crippen LogP contribution in [0.4, 0.5) is 0 Å². The Bertz CT molecular complexity index is 344. The Morgan fingerprint density at radius 2 is 1.33 bits per heavy atom. The molecule has 1 N–H and O–H groups in total. The van der Waals surface area contributed by atoms with E-state index < -0.39 is 0 Å². The van der Waals surface area contributed by atoms with E-state index in [1.165, 1.54) is 39.0 Å². The van der Waals surface area contributed by atoms with Crippen LogP contribution in [0.25, 0.3) is 0 Å². The lowest BCUT2D eigenvalue weighted by atomic mass is 9.89. The summed E-state index contributed by atoms with van der Waals surface area (Å²) in [4.78, 5) is 16.0. The molecule has 6 nitrogen and oxygen atoms in total. The van der Waals surface area contributed by atoms with Gasteiger partial charge in [-0.05, 0) is 38.8 Å². The second-order valence-electron chi connectivity index (χ2n) is 6.80. The van der Waals surface area contributed by atoms with E-state index in [4.69, 9.17) is 0 Å². The Kier molecular flexibility index (Phi) is 5.08. The summed E-state index contributed by atoms with van der Waals surface area (Å²) in [6.07, 6.45) is 6.13. The van der Waals surface area contributed by atoms with Crippen molar-refractivity contribution in [2.24, 2.45) is 0 Å². The standard InChI is InChI=1S/C15H28N4O2/c20-19(21)15-3-1-13(2-4-15)17-9-5-14(6-10-17)18-11-7-16-8-12-18/h13-16H,1-12H2. The lowest BCUT2D eigenvalue weighted by Gasteiger charge is -2.43. The van der Waals surface area contributed by atoms with Crippen LogP contribution in [0.15, 0.2) is 0 Å². The van der Waals surface area contributed by atoms with Crippen molar-refractivity contribution >= 4 is 0 Å². The molecule has 0 amide bonds. The molecule has 0 aromatic rings. The smallest absolute Gasteiger partial charge is 0.213 e. The van der Waals surface area contributed by atoms with Gasteiger partial charge in [-0.3, -0.25) is 15.0 Å². The van der Waals surface area contributed by atoms with Crippen molar-refractivity contribution in [3.8, 4) is 0 Å². The molecule has 6 heteroatoms. The zero-order chi connectivity index (χ0) is 14.7. The van der Waals surface area contributed by atoms with Gasteiger partial charge in [-0.25, -0.2) is 0 Å². The first-order valence-corrected chi connectivity index (χ1v) is 8.56. The van der Waals surface area contributed by atoms with E-state index >= 15 is 0 Å². The monoisotopic (exact) mass is 296 g/mol. The largest absolute Gasteiger partial charge is 0.314 e. The third-order valence-electron chi connectivity index (χ3n) is 5.65. The van der Waals surface area contributed by atoms with Crippen LogP contribution < -0.4 is 5.32 Å². The molecular weight excluding hydrogens is 268 g/mol. The maximum atomic E-state index is 10.8. The van der Waals surface area contributed by atoms with Gasteiger partial charge in [0.05, 0.1) is 0 Å². The number of likely N-dealkylation sites (tertiary alicyclic amines) is 1. The molecule has 1 aliphatic carbocycles. The van der Waals surface area contributed by atoms with Gasteiger partial charge in [-0.15, -0.1) is 0 Å². The third kappa shape index (κ3) is 3.73. The highest BCUT2D eigenvalue weighted by Crippen LogP contribution is 2.28. The van der Waals surface area contributed by atoms with E-state index in [-0.39, 0.29) is 11.0 Å². The van der Waals surface area contributed by atoms with Gasteiger partial charge in [0.15, 0.2) is 0 Å². The van der Waals surface area contributed by atoms with Crippen molar-refractivity contribution in [1.29, 1.82) is 0 Å². The fraction of sp³-hybridized carbons (Fsp3) is 1.00. The number of piperidine rings is 1. The molecule has 120 valence electrons. The molecule has 0 radical (unpaired) electrons. The van der Waals surface area contributed by atoms with Crippen molar-refractivity contribution in [2.45, 2.75) is 56.7 Å². The summed E-state index contributed by atoms with van der Waals surface area (Å²) in [5.41, 5.74) is 0. The van der Waals surface area contributed by atoms with E-state index in [0.717, 1.165) is 44.8 Å². The predicted molar refractivity (Wildman–Crippen MR) is 82.1 cm³/mol. The van der Waals surface area contributed by atoms with Crippen LogP contribution in [0, 0.1) is 10.1 Å².